The number of piperidine rings is 1. The number of carboxylic acids is 1. The highest BCUT2D eigenvalue weighted by molar-refractivity contribution is 5.89. The van der Waals surface area contributed by atoms with Crippen LogP contribution in [0.5, 0.6) is 11.5 Å². The molecule has 3 unspecified atom stereocenters. The second-order valence-electron chi connectivity index (χ2n) is 12.5. The third-order valence-corrected chi connectivity index (χ3v) is 9.53. The number of methoxy groups -OCH3 is 2. The summed E-state index contributed by atoms with van der Waals surface area (Å²) < 4.78 is 69.8. The van der Waals surface area contributed by atoms with Crippen molar-refractivity contribution in [2.75, 3.05) is 45.7 Å². The average Bonchev–Trinajstić information content (AvgIpc) is 3.43. The summed E-state index contributed by atoms with van der Waals surface area (Å²) >= 11 is 0. The molecule has 2 aliphatic heterocycles. The highest BCUT2D eigenvalue weighted by Gasteiger charge is 2.53. The number of aliphatic carboxylic acids is 1. The zero-order chi connectivity index (χ0) is 35.2. The summed E-state index contributed by atoms with van der Waals surface area (Å²) in [6, 6.07) is 8.47. The summed E-state index contributed by atoms with van der Waals surface area (Å²) in [4.78, 5) is 39.7. The van der Waals surface area contributed by atoms with Gasteiger partial charge in [-0.3, -0.25) is 9.69 Å². The molecule has 0 spiro atoms. The van der Waals surface area contributed by atoms with E-state index in [1.54, 1.807) is 14.2 Å². The van der Waals surface area contributed by atoms with E-state index in [4.69, 9.17) is 19.4 Å². The van der Waals surface area contributed by atoms with E-state index in [1.165, 1.54) is 6.07 Å². The van der Waals surface area contributed by atoms with Crippen LogP contribution < -0.4 is 20.1 Å². The van der Waals surface area contributed by atoms with Crippen LogP contribution in [0.2, 0.25) is 0 Å². The van der Waals surface area contributed by atoms with Crippen LogP contribution in [0.1, 0.15) is 51.0 Å². The van der Waals surface area contributed by atoms with Crippen LogP contribution in [-0.2, 0) is 15.0 Å². The van der Waals surface area contributed by atoms with E-state index in [-0.39, 0.29) is 29.1 Å². The van der Waals surface area contributed by atoms with Gasteiger partial charge in [0.05, 0.1) is 20.8 Å². The molecule has 3 atom stereocenters. The predicted molar refractivity (Wildman–Crippen MR) is 166 cm³/mol. The minimum absolute atomic E-state index is 0.112. The summed E-state index contributed by atoms with van der Waals surface area (Å²) in [5.74, 6) is -2.64. The van der Waals surface area contributed by atoms with Crippen LogP contribution in [0, 0.1) is 17.6 Å². The topological polar surface area (TPSA) is 120 Å². The third kappa shape index (κ3) is 8.65. The Balaban J connectivity index is 0.000000671. The fourth-order valence-corrected chi connectivity index (χ4v) is 6.89. The lowest BCUT2D eigenvalue weighted by Gasteiger charge is -2.45. The van der Waals surface area contributed by atoms with Gasteiger partial charge in [0.25, 0.3) is 0 Å². The molecule has 2 saturated heterocycles. The summed E-state index contributed by atoms with van der Waals surface area (Å²) in [5, 5.41) is 12.7. The van der Waals surface area contributed by atoms with Crippen LogP contribution in [0.4, 0.5) is 32.4 Å². The number of amides is 3. The smallest absolute Gasteiger partial charge is 0.490 e. The van der Waals surface area contributed by atoms with Crippen molar-refractivity contribution in [3.05, 3.63) is 53.6 Å². The number of nitrogens with zero attached hydrogens (tertiary/aromatic N) is 2. The Morgan fingerprint density at radius 2 is 1.60 bits per heavy atom. The lowest BCUT2D eigenvalue weighted by atomic mass is 9.65. The lowest BCUT2D eigenvalue weighted by Crippen LogP contribution is -2.55. The zero-order valence-electron chi connectivity index (χ0n) is 27.0. The minimum atomic E-state index is -5.08. The first kappa shape index (κ1) is 36.7. The van der Waals surface area contributed by atoms with Gasteiger partial charge >= 0.3 is 18.2 Å². The molecule has 3 N–H and O–H groups in total. The maximum atomic E-state index is 13.8. The van der Waals surface area contributed by atoms with E-state index in [2.05, 4.69) is 28.5 Å². The molecule has 0 radical (unpaired) electrons. The Morgan fingerprint density at radius 3 is 2.21 bits per heavy atom. The molecule has 2 aromatic rings. The van der Waals surface area contributed by atoms with Crippen molar-refractivity contribution in [1.29, 1.82) is 0 Å². The van der Waals surface area contributed by atoms with E-state index in [0.29, 0.717) is 43.3 Å². The number of rotatable bonds is 7. The van der Waals surface area contributed by atoms with Gasteiger partial charge in [-0.25, -0.2) is 18.4 Å². The van der Waals surface area contributed by atoms with Crippen molar-refractivity contribution >= 4 is 23.6 Å². The summed E-state index contributed by atoms with van der Waals surface area (Å²) in [6.45, 7) is 5.17. The Hall–Kier alpha value is -4.14. The molecule has 15 heteroatoms. The number of likely N-dealkylation sites (tertiary alicyclic amines) is 2. The molecule has 5 rings (SSSR count). The van der Waals surface area contributed by atoms with Crippen molar-refractivity contribution in [1.82, 2.24) is 15.1 Å². The van der Waals surface area contributed by atoms with Gasteiger partial charge in [0.15, 0.2) is 23.1 Å². The zero-order valence-corrected chi connectivity index (χ0v) is 27.0. The fraction of sp³-hybridized carbons (Fsp3) is 0.545. The summed E-state index contributed by atoms with van der Waals surface area (Å²) in [5.41, 5.74) is 0.998. The van der Waals surface area contributed by atoms with Crippen molar-refractivity contribution in [3.63, 3.8) is 0 Å². The number of nitrogens with one attached hydrogen (secondary N) is 2. The molecule has 3 fully saturated rings. The molecule has 2 heterocycles. The Bertz CT molecular complexity index is 1470. The number of halogens is 5. The molecule has 3 amide bonds. The number of carboxylic acid groups (broad SMARTS) is 1. The molecule has 2 aromatic carbocycles. The predicted octanol–water partition coefficient (Wildman–Crippen LogP) is 5.56. The standard InChI is InChI=1S/C31H40F2N4O4.C2HF3O2/c1-20-9-13-36(14-10-20)19-29(38)37-15-12-31(21-4-7-26(40-2)27(16-21)41-3)11-8-23(18-28(31)37)35-30(39)34-22-5-6-24(32)25(33)17-22;3-2(4,5)1(6)7/h4-7,16-17,20,23,28H,8-15,18-19H2,1-3H3,(H2,34,35,39);(H,6,7). The second kappa shape index (κ2) is 15.4. The van der Waals surface area contributed by atoms with E-state index in [0.717, 1.165) is 56.5 Å². The summed E-state index contributed by atoms with van der Waals surface area (Å²) in [7, 11) is 3.23. The number of alkyl halides is 3. The minimum Gasteiger partial charge on any atom is -0.493 e. The molecule has 1 saturated carbocycles. The van der Waals surface area contributed by atoms with E-state index in [1.807, 2.05) is 17.0 Å². The molecule has 264 valence electrons. The van der Waals surface area contributed by atoms with Crippen LogP contribution in [0.3, 0.4) is 0 Å². The second-order valence-corrected chi connectivity index (χ2v) is 12.5. The highest BCUT2D eigenvalue weighted by Crippen LogP contribution is 2.50. The van der Waals surface area contributed by atoms with Crippen LogP contribution >= 0.6 is 0 Å². The third-order valence-electron chi connectivity index (χ3n) is 9.53. The number of ether oxygens (including phenoxy) is 2. The number of carbonyl (C=O) groups excluding carboxylic acids is 2. The normalized spacial score (nSPS) is 23.0. The SMILES string of the molecule is COc1ccc(C23CCC(NC(=O)Nc4ccc(F)c(F)c4)CC2N(C(=O)CN2CCC(C)CC2)CC3)cc1OC.O=C(O)C(F)(F)F. The van der Waals surface area contributed by atoms with Crippen molar-refractivity contribution in [2.24, 2.45) is 5.92 Å². The molecule has 0 bridgehead atoms. The van der Waals surface area contributed by atoms with Crippen LogP contribution in [-0.4, -0.2) is 91.5 Å². The number of fused-ring (bicyclic) bond motifs is 1. The monoisotopic (exact) mass is 684 g/mol. The maximum absolute atomic E-state index is 13.8. The number of hydrogen-bond acceptors (Lipinski definition) is 6. The number of carbonyl (C=O) groups is 3. The maximum Gasteiger partial charge on any atom is 0.490 e. The molecule has 1 aliphatic carbocycles. The average molecular weight is 685 g/mol. The first-order chi connectivity index (χ1) is 22.7. The number of hydrogen-bond donors (Lipinski definition) is 3. The molecular formula is C33H41F5N4O6. The molecule has 0 aromatic heterocycles. The Morgan fingerprint density at radius 1 is 0.938 bits per heavy atom. The van der Waals surface area contributed by atoms with Gasteiger partial charge in [-0.1, -0.05) is 13.0 Å². The number of benzene rings is 2. The molecule has 10 nitrogen and oxygen atoms in total. The van der Waals surface area contributed by atoms with Crippen molar-refractivity contribution in [3.8, 4) is 11.5 Å². The highest BCUT2D eigenvalue weighted by atomic mass is 19.4. The largest absolute Gasteiger partial charge is 0.493 e. The van der Waals surface area contributed by atoms with Crippen LogP contribution in [0.25, 0.3) is 0 Å². The first-order valence-electron chi connectivity index (χ1n) is 15.7. The van der Waals surface area contributed by atoms with Gasteiger partial charge < -0.3 is 30.1 Å². The van der Waals surface area contributed by atoms with Gasteiger partial charge in [0.1, 0.15) is 0 Å². The Labute approximate surface area is 275 Å². The number of urea groups is 1. The van der Waals surface area contributed by atoms with E-state index in [9.17, 15) is 31.5 Å². The van der Waals surface area contributed by atoms with Gasteiger partial charge in [0.2, 0.25) is 5.91 Å². The first-order valence-corrected chi connectivity index (χ1v) is 15.7. The van der Waals surface area contributed by atoms with Gasteiger partial charge in [-0.2, -0.15) is 13.2 Å². The van der Waals surface area contributed by atoms with Gasteiger partial charge in [0, 0.05) is 35.8 Å². The lowest BCUT2D eigenvalue weighted by molar-refractivity contribution is -0.192. The van der Waals surface area contributed by atoms with Gasteiger partial charge in [-0.15, -0.1) is 0 Å². The molecular weight excluding hydrogens is 643 g/mol. The van der Waals surface area contributed by atoms with Crippen LogP contribution in [0.15, 0.2) is 36.4 Å². The Kier molecular flexibility index (Phi) is 11.8. The number of anilines is 1. The van der Waals surface area contributed by atoms with Crippen molar-refractivity contribution < 1.29 is 50.9 Å². The van der Waals surface area contributed by atoms with E-state index < -0.39 is 29.8 Å². The van der Waals surface area contributed by atoms with Gasteiger partial charge in [-0.05, 0) is 87.4 Å². The quantitative estimate of drug-likeness (QED) is 0.327. The summed E-state index contributed by atoms with van der Waals surface area (Å²) in [6.07, 6.45) is 0.0130. The van der Waals surface area contributed by atoms with E-state index >= 15 is 0 Å². The molecule has 3 aliphatic rings. The van der Waals surface area contributed by atoms with Crippen molar-refractivity contribution in [2.45, 2.75) is 69.1 Å². The molecule has 48 heavy (non-hydrogen) atoms. The fourth-order valence-electron chi connectivity index (χ4n) is 6.89.